The van der Waals surface area contributed by atoms with Gasteiger partial charge >= 0.3 is 0 Å². The first kappa shape index (κ1) is 18.2. The molecule has 3 aromatic rings. The van der Waals surface area contributed by atoms with Crippen molar-refractivity contribution in [3.8, 4) is 17.0 Å². The van der Waals surface area contributed by atoms with E-state index in [0.29, 0.717) is 22.8 Å². The van der Waals surface area contributed by atoms with Gasteiger partial charge in [0.05, 0.1) is 24.5 Å². The average molecular weight is 395 g/mol. The number of hydrogen-bond donors (Lipinski definition) is 1. The Hall–Kier alpha value is -2.65. The summed E-state index contributed by atoms with van der Waals surface area (Å²) in [5.74, 6) is 0.442. The van der Waals surface area contributed by atoms with Gasteiger partial charge in [-0.2, -0.15) is 0 Å². The first-order valence-electron chi connectivity index (χ1n) is 7.43. The van der Waals surface area contributed by atoms with Crippen LogP contribution >= 0.6 is 10.7 Å². The number of anilines is 1. The number of carbonyl (C=O) groups excluding carboxylic acids is 1. The van der Waals surface area contributed by atoms with Gasteiger partial charge in [0.2, 0.25) is 5.91 Å². The third-order valence-electron chi connectivity index (χ3n) is 3.72. The van der Waals surface area contributed by atoms with E-state index >= 15 is 0 Å². The third kappa shape index (κ3) is 3.49. The number of pyridine rings is 2. The second-order valence-electron chi connectivity index (χ2n) is 5.59. The molecule has 0 spiro atoms. The number of rotatable bonds is 4. The van der Waals surface area contributed by atoms with Gasteiger partial charge in [-0.05, 0) is 6.07 Å². The predicted molar refractivity (Wildman–Crippen MR) is 97.8 cm³/mol. The largest absolute Gasteiger partial charge is 0.497 e. The van der Waals surface area contributed by atoms with E-state index < -0.39 is 9.05 Å². The minimum Gasteiger partial charge on any atom is -0.497 e. The maximum absolute atomic E-state index is 11.7. The zero-order chi connectivity index (χ0) is 19.1. The maximum Gasteiger partial charge on any atom is 0.278 e. The Kier molecular flexibility index (Phi) is 4.59. The lowest BCUT2D eigenvalue weighted by molar-refractivity contribution is -0.114. The number of methoxy groups -OCH3 is 1. The Balaban J connectivity index is 2.26. The van der Waals surface area contributed by atoms with E-state index in [1.54, 1.807) is 24.5 Å². The van der Waals surface area contributed by atoms with Gasteiger partial charge in [-0.25, -0.2) is 18.4 Å². The molecule has 0 bridgehead atoms. The molecule has 0 fully saturated rings. The summed E-state index contributed by atoms with van der Waals surface area (Å²) in [6.45, 7) is 1.39. The maximum atomic E-state index is 11.7. The number of fused-ring (bicyclic) bond motifs is 1. The van der Waals surface area contributed by atoms with Crippen molar-refractivity contribution >= 4 is 42.4 Å². The second kappa shape index (κ2) is 6.58. The number of nitrogens with one attached hydrogen (secondary N) is 1. The molecule has 0 aromatic carbocycles. The van der Waals surface area contributed by atoms with Crippen molar-refractivity contribution < 1.29 is 17.9 Å². The number of aromatic nitrogens is 3. The van der Waals surface area contributed by atoms with E-state index in [9.17, 15) is 13.2 Å². The van der Waals surface area contributed by atoms with Crippen molar-refractivity contribution in [2.75, 3.05) is 12.4 Å². The highest BCUT2D eigenvalue weighted by Crippen LogP contribution is 2.33. The van der Waals surface area contributed by atoms with Crippen LogP contribution in [-0.2, 0) is 20.9 Å². The van der Waals surface area contributed by atoms with Crippen LogP contribution in [0, 0.1) is 0 Å². The zero-order valence-electron chi connectivity index (χ0n) is 14.1. The highest BCUT2D eigenvalue weighted by Gasteiger charge is 2.18. The molecule has 3 aromatic heterocycles. The van der Waals surface area contributed by atoms with Crippen molar-refractivity contribution in [2.45, 2.75) is 11.9 Å². The first-order chi connectivity index (χ1) is 12.2. The number of halogens is 1. The molecule has 0 saturated carbocycles. The van der Waals surface area contributed by atoms with Gasteiger partial charge in [0.15, 0.2) is 5.03 Å². The molecule has 26 heavy (non-hydrogen) atoms. The van der Waals surface area contributed by atoms with E-state index in [-0.39, 0.29) is 10.9 Å². The number of hydrogen-bond acceptors (Lipinski definition) is 6. The van der Waals surface area contributed by atoms with Gasteiger partial charge < -0.3 is 14.6 Å². The lowest BCUT2D eigenvalue weighted by atomic mass is 10.1. The fraction of sp³-hybridized carbons (Fsp3) is 0.188. The Morgan fingerprint density at radius 2 is 2.04 bits per heavy atom. The quantitative estimate of drug-likeness (QED) is 0.682. The molecule has 1 N–H and O–H groups in total. The van der Waals surface area contributed by atoms with Crippen LogP contribution in [0.4, 0.5) is 5.82 Å². The van der Waals surface area contributed by atoms with E-state index in [4.69, 9.17) is 15.4 Å². The predicted octanol–water partition coefficient (Wildman–Crippen LogP) is 2.53. The van der Waals surface area contributed by atoms with Crippen LogP contribution in [0.15, 0.2) is 35.6 Å². The Morgan fingerprint density at radius 3 is 2.65 bits per heavy atom. The van der Waals surface area contributed by atoms with E-state index in [1.165, 1.54) is 20.1 Å². The highest BCUT2D eigenvalue weighted by molar-refractivity contribution is 8.13. The standard InChI is InChI=1S/C16H15ClN4O4S/c1-9(22)19-15-6-11-12(8-21(2)14(11)7-18-15)13-4-10(25-3)5-16(20-13)26(17,23)24/h4-8H,1-3H3,(H,18,19,22). The first-order valence-corrected chi connectivity index (χ1v) is 9.74. The summed E-state index contributed by atoms with van der Waals surface area (Å²) in [4.78, 5) is 19.6. The van der Waals surface area contributed by atoms with Crippen molar-refractivity contribution in [1.82, 2.24) is 14.5 Å². The molecule has 1 amide bonds. The molecule has 0 saturated heterocycles. The Morgan fingerprint density at radius 1 is 1.31 bits per heavy atom. The molecular formula is C16H15ClN4O4S. The summed E-state index contributed by atoms with van der Waals surface area (Å²) in [7, 11) is 4.66. The van der Waals surface area contributed by atoms with E-state index in [1.807, 2.05) is 11.6 Å². The van der Waals surface area contributed by atoms with Crippen LogP contribution < -0.4 is 10.1 Å². The van der Waals surface area contributed by atoms with Crippen LogP contribution in [0.3, 0.4) is 0 Å². The molecule has 10 heteroatoms. The highest BCUT2D eigenvalue weighted by atomic mass is 35.7. The smallest absolute Gasteiger partial charge is 0.278 e. The van der Waals surface area contributed by atoms with Gasteiger partial charge in [-0.15, -0.1) is 0 Å². The molecule has 0 aliphatic carbocycles. The number of nitrogens with zero attached hydrogens (tertiary/aromatic N) is 3. The third-order valence-corrected chi connectivity index (χ3v) is 4.90. The summed E-state index contributed by atoms with van der Waals surface area (Å²) >= 11 is 0. The van der Waals surface area contributed by atoms with Crippen LogP contribution in [0.1, 0.15) is 6.92 Å². The average Bonchev–Trinajstić information content (AvgIpc) is 2.89. The molecule has 8 nitrogen and oxygen atoms in total. The topological polar surface area (TPSA) is 103 Å². The second-order valence-corrected chi connectivity index (χ2v) is 8.10. The normalized spacial score (nSPS) is 11.5. The lowest BCUT2D eigenvalue weighted by Crippen LogP contribution is -2.07. The number of aryl methyl sites for hydroxylation is 1. The monoisotopic (exact) mass is 394 g/mol. The molecule has 136 valence electrons. The van der Waals surface area contributed by atoms with E-state index in [2.05, 4.69) is 15.3 Å². The van der Waals surface area contributed by atoms with Gasteiger partial charge in [-0.1, -0.05) is 0 Å². The fourth-order valence-electron chi connectivity index (χ4n) is 2.59. The van der Waals surface area contributed by atoms with Crippen molar-refractivity contribution in [3.63, 3.8) is 0 Å². The number of amides is 1. The lowest BCUT2D eigenvalue weighted by Gasteiger charge is -2.07. The van der Waals surface area contributed by atoms with Gasteiger partial charge in [0.1, 0.15) is 11.6 Å². The molecule has 3 rings (SSSR count). The minimum absolute atomic E-state index is 0.246. The molecule has 0 radical (unpaired) electrons. The minimum atomic E-state index is -4.03. The molecular weight excluding hydrogens is 380 g/mol. The van der Waals surface area contributed by atoms with E-state index in [0.717, 1.165) is 10.9 Å². The molecule has 3 heterocycles. The summed E-state index contributed by atoms with van der Waals surface area (Å²) in [6.07, 6.45) is 3.40. The fourth-order valence-corrected chi connectivity index (χ4v) is 3.29. The van der Waals surface area contributed by atoms with Gasteiger partial charge in [0.25, 0.3) is 9.05 Å². The molecule has 0 aliphatic rings. The van der Waals surface area contributed by atoms with Crippen LogP contribution in [-0.4, -0.2) is 36.0 Å². The number of ether oxygens (including phenoxy) is 1. The van der Waals surface area contributed by atoms with Crippen molar-refractivity contribution in [3.05, 3.63) is 30.6 Å². The number of carbonyl (C=O) groups is 1. The van der Waals surface area contributed by atoms with Crippen LogP contribution in [0.2, 0.25) is 0 Å². The van der Waals surface area contributed by atoms with Crippen molar-refractivity contribution in [1.29, 1.82) is 0 Å². The Labute approximate surface area is 154 Å². The Bertz CT molecular complexity index is 1120. The summed E-state index contributed by atoms with van der Waals surface area (Å²) in [5.41, 5.74) is 1.81. The van der Waals surface area contributed by atoms with Gasteiger partial charge in [-0.3, -0.25) is 4.79 Å². The summed E-state index contributed by atoms with van der Waals surface area (Å²) in [5, 5.41) is 3.06. The molecule has 0 unspecified atom stereocenters. The van der Waals surface area contributed by atoms with Crippen LogP contribution in [0.5, 0.6) is 5.75 Å². The van der Waals surface area contributed by atoms with Gasteiger partial charge in [0, 0.05) is 53.9 Å². The van der Waals surface area contributed by atoms with Crippen molar-refractivity contribution in [2.24, 2.45) is 7.05 Å². The zero-order valence-corrected chi connectivity index (χ0v) is 15.7. The SMILES string of the molecule is COc1cc(-c2cn(C)c3cnc(NC(C)=O)cc23)nc(S(=O)(=O)Cl)c1. The molecule has 0 aliphatic heterocycles. The summed E-state index contributed by atoms with van der Waals surface area (Å²) in [6, 6.07) is 4.56. The van der Waals surface area contributed by atoms with Crippen LogP contribution in [0.25, 0.3) is 22.2 Å². The molecule has 0 atom stereocenters. The summed E-state index contributed by atoms with van der Waals surface area (Å²) < 4.78 is 30.4.